The van der Waals surface area contributed by atoms with Crippen molar-refractivity contribution in [2.45, 2.75) is 19.8 Å². The molecule has 28 heavy (non-hydrogen) atoms. The van der Waals surface area contributed by atoms with E-state index in [4.69, 9.17) is 27.9 Å². The number of ether oxygens (including phenoxy) is 1. The van der Waals surface area contributed by atoms with Crippen LogP contribution < -0.4 is 5.32 Å². The Kier molecular flexibility index (Phi) is 4.77. The summed E-state index contributed by atoms with van der Waals surface area (Å²) in [5.41, 5.74) is 4.46. The first-order chi connectivity index (χ1) is 13.4. The van der Waals surface area contributed by atoms with Crippen LogP contribution in [0.2, 0.25) is 10.0 Å². The summed E-state index contributed by atoms with van der Waals surface area (Å²) in [6, 6.07) is 12.6. The van der Waals surface area contributed by atoms with Crippen molar-refractivity contribution in [2.24, 2.45) is 0 Å². The molecule has 0 aromatic heterocycles. The zero-order valence-corrected chi connectivity index (χ0v) is 16.8. The van der Waals surface area contributed by atoms with Gasteiger partial charge in [0.15, 0.2) is 5.78 Å². The number of Topliss-reactive ketones (excluding diaryl/α,β-unsaturated/α-hetero) is 1. The molecule has 2 aromatic rings. The Labute approximate surface area is 172 Å². The Balaban J connectivity index is 1.94. The molecular formula is C22H17Cl2NO3. The van der Waals surface area contributed by atoms with Gasteiger partial charge in [-0.05, 0) is 31.5 Å². The lowest BCUT2D eigenvalue weighted by molar-refractivity contribution is -0.138. The number of halogens is 2. The SMILES string of the molecule is CCOC(=O)C1=C(C)NC2=C(C(=O)c3ccccc32)[C@H]1c1ccc(Cl)c(Cl)c1. The largest absolute Gasteiger partial charge is 0.463 e. The van der Waals surface area contributed by atoms with Crippen LogP contribution in [-0.4, -0.2) is 18.4 Å². The fourth-order valence-electron chi connectivity index (χ4n) is 3.83. The summed E-state index contributed by atoms with van der Waals surface area (Å²) in [7, 11) is 0. The molecule has 2 aromatic carbocycles. The molecule has 142 valence electrons. The molecule has 4 nitrogen and oxygen atoms in total. The lowest BCUT2D eigenvalue weighted by atomic mass is 9.80. The Hall–Kier alpha value is -2.56. The summed E-state index contributed by atoms with van der Waals surface area (Å²) >= 11 is 12.3. The van der Waals surface area contributed by atoms with E-state index in [0.29, 0.717) is 38.0 Å². The molecule has 2 aliphatic rings. The monoisotopic (exact) mass is 413 g/mol. The van der Waals surface area contributed by atoms with E-state index in [2.05, 4.69) is 5.32 Å². The third-order valence-corrected chi connectivity index (χ3v) is 5.76. The Bertz CT molecular complexity index is 1080. The molecule has 0 radical (unpaired) electrons. The number of carbonyl (C=O) groups excluding carboxylic acids is 2. The van der Waals surface area contributed by atoms with E-state index in [1.165, 1.54) is 0 Å². The molecule has 0 saturated carbocycles. The second-order valence-electron chi connectivity index (χ2n) is 6.65. The van der Waals surface area contributed by atoms with Gasteiger partial charge in [0, 0.05) is 28.3 Å². The van der Waals surface area contributed by atoms with Gasteiger partial charge in [0.1, 0.15) is 0 Å². The maximum Gasteiger partial charge on any atom is 0.336 e. The van der Waals surface area contributed by atoms with Crippen LogP contribution >= 0.6 is 23.2 Å². The average molecular weight is 414 g/mol. The number of ketones is 1. The number of benzene rings is 2. The highest BCUT2D eigenvalue weighted by molar-refractivity contribution is 6.42. The molecule has 0 fully saturated rings. The number of hydrogen-bond acceptors (Lipinski definition) is 4. The zero-order chi connectivity index (χ0) is 20.0. The van der Waals surface area contributed by atoms with Crippen molar-refractivity contribution in [3.05, 3.63) is 86.0 Å². The fraction of sp³-hybridized carbons (Fsp3) is 0.182. The summed E-state index contributed by atoms with van der Waals surface area (Å²) in [5.74, 6) is -1.16. The van der Waals surface area contributed by atoms with Gasteiger partial charge in [0.25, 0.3) is 0 Å². The summed E-state index contributed by atoms with van der Waals surface area (Å²) in [4.78, 5) is 26.1. The maximum absolute atomic E-state index is 13.3. The van der Waals surface area contributed by atoms with Crippen LogP contribution in [0.5, 0.6) is 0 Å². The van der Waals surface area contributed by atoms with Crippen molar-refractivity contribution in [1.29, 1.82) is 0 Å². The van der Waals surface area contributed by atoms with Crippen molar-refractivity contribution in [2.75, 3.05) is 6.61 Å². The average Bonchev–Trinajstić information content (AvgIpc) is 2.95. The third kappa shape index (κ3) is 2.84. The quantitative estimate of drug-likeness (QED) is 0.708. The molecule has 1 atom stereocenters. The predicted octanol–water partition coefficient (Wildman–Crippen LogP) is 5.12. The van der Waals surface area contributed by atoms with Gasteiger partial charge in [0.05, 0.1) is 27.9 Å². The molecule has 1 N–H and O–H groups in total. The van der Waals surface area contributed by atoms with E-state index in [-0.39, 0.29) is 12.4 Å². The first-order valence-corrected chi connectivity index (χ1v) is 9.67. The van der Waals surface area contributed by atoms with Crippen LogP contribution in [-0.2, 0) is 9.53 Å². The molecule has 4 rings (SSSR count). The normalized spacial score (nSPS) is 18.0. The smallest absolute Gasteiger partial charge is 0.336 e. The van der Waals surface area contributed by atoms with Gasteiger partial charge in [-0.3, -0.25) is 4.79 Å². The highest BCUT2D eigenvalue weighted by atomic mass is 35.5. The van der Waals surface area contributed by atoms with Crippen molar-refractivity contribution in [3.63, 3.8) is 0 Å². The number of allylic oxidation sites excluding steroid dienone is 2. The van der Waals surface area contributed by atoms with Crippen molar-refractivity contribution < 1.29 is 14.3 Å². The van der Waals surface area contributed by atoms with Gasteiger partial charge in [-0.2, -0.15) is 0 Å². The summed E-state index contributed by atoms with van der Waals surface area (Å²) in [6.07, 6.45) is 0. The minimum absolute atomic E-state index is 0.108. The van der Waals surface area contributed by atoms with E-state index in [1.54, 1.807) is 31.2 Å². The third-order valence-electron chi connectivity index (χ3n) is 5.02. The number of dihydropyridines is 1. The Morgan fingerprint density at radius 2 is 1.82 bits per heavy atom. The molecular weight excluding hydrogens is 397 g/mol. The van der Waals surface area contributed by atoms with Crippen molar-refractivity contribution in [3.8, 4) is 0 Å². The van der Waals surface area contributed by atoms with E-state index >= 15 is 0 Å². The molecule has 0 amide bonds. The molecule has 0 bridgehead atoms. The maximum atomic E-state index is 13.3. The van der Waals surface area contributed by atoms with Crippen LogP contribution in [0, 0.1) is 0 Å². The lowest BCUT2D eigenvalue weighted by Crippen LogP contribution is -2.29. The predicted molar refractivity (Wildman–Crippen MR) is 109 cm³/mol. The minimum Gasteiger partial charge on any atom is -0.463 e. The highest BCUT2D eigenvalue weighted by Gasteiger charge is 2.42. The number of nitrogens with one attached hydrogen (secondary N) is 1. The van der Waals surface area contributed by atoms with Crippen LogP contribution in [0.1, 0.15) is 41.3 Å². The van der Waals surface area contributed by atoms with Gasteiger partial charge in [0.2, 0.25) is 0 Å². The standard InChI is InChI=1S/C22H17Cl2NO3/c1-3-28-22(27)17-11(2)25-20-13-6-4-5-7-14(13)21(26)19(20)18(17)12-8-9-15(23)16(24)10-12/h4-10,18,25H,3H2,1-2H3/t18-/m0/s1. The zero-order valence-electron chi connectivity index (χ0n) is 15.3. The van der Waals surface area contributed by atoms with Crippen molar-refractivity contribution >= 4 is 40.7 Å². The Morgan fingerprint density at radius 3 is 2.50 bits per heavy atom. The topological polar surface area (TPSA) is 55.4 Å². The number of hydrogen-bond donors (Lipinski definition) is 1. The number of rotatable bonds is 3. The molecule has 6 heteroatoms. The molecule has 1 heterocycles. The molecule has 1 aliphatic carbocycles. The van der Waals surface area contributed by atoms with E-state index in [9.17, 15) is 9.59 Å². The fourth-order valence-corrected chi connectivity index (χ4v) is 4.14. The van der Waals surface area contributed by atoms with E-state index in [0.717, 1.165) is 11.3 Å². The second-order valence-corrected chi connectivity index (χ2v) is 7.47. The number of fused-ring (bicyclic) bond motifs is 2. The van der Waals surface area contributed by atoms with Gasteiger partial charge in [-0.15, -0.1) is 0 Å². The van der Waals surface area contributed by atoms with Crippen LogP contribution in [0.3, 0.4) is 0 Å². The van der Waals surface area contributed by atoms with Crippen molar-refractivity contribution in [1.82, 2.24) is 5.32 Å². The molecule has 0 unspecified atom stereocenters. The van der Waals surface area contributed by atoms with E-state index < -0.39 is 11.9 Å². The highest BCUT2D eigenvalue weighted by Crippen LogP contribution is 2.47. The van der Waals surface area contributed by atoms with Crippen LogP contribution in [0.25, 0.3) is 5.70 Å². The minimum atomic E-state index is -0.593. The second kappa shape index (κ2) is 7.12. The first-order valence-electron chi connectivity index (χ1n) is 8.92. The number of carbonyl (C=O) groups is 2. The van der Waals surface area contributed by atoms with Gasteiger partial charge in [-0.25, -0.2) is 4.79 Å². The molecule has 1 aliphatic heterocycles. The number of esters is 1. The van der Waals surface area contributed by atoms with Gasteiger partial charge >= 0.3 is 5.97 Å². The van der Waals surface area contributed by atoms with Gasteiger partial charge < -0.3 is 10.1 Å². The first kappa shape index (κ1) is 18.8. The summed E-state index contributed by atoms with van der Waals surface area (Å²) in [5, 5.41) is 4.03. The summed E-state index contributed by atoms with van der Waals surface area (Å²) in [6.45, 7) is 3.80. The lowest BCUT2D eigenvalue weighted by Gasteiger charge is -2.29. The molecule has 0 saturated heterocycles. The summed E-state index contributed by atoms with van der Waals surface area (Å²) < 4.78 is 5.29. The van der Waals surface area contributed by atoms with E-state index in [1.807, 2.05) is 25.1 Å². The van der Waals surface area contributed by atoms with Crippen LogP contribution in [0.15, 0.2) is 59.3 Å². The Morgan fingerprint density at radius 1 is 1.11 bits per heavy atom. The molecule has 0 spiro atoms. The van der Waals surface area contributed by atoms with Crippen LogP contribution in [0.4, 0.5) is 0 Å². The van der Waals surface area contributed by atoms with Gasteiger partial charge in [-0.1, -0.05) is 53.5 Å².